The molecule has 4 unspecified atom stereocenters. The molecule has 13 heteroatoms. The summed E-state index contributed by atoms with van der Waals surface area (Å²) in [7, 11) is 1.31. The van der Waals surface area contributed by atoms with Crippen LogP contribution in [0.25, 0.3) is 0 Å². The molecule has 34 heavy (non-hydrogen) atoms. The van der Waals surface area contributed by atoms with Gasteiger partial charge in [0.2, 0.25) is 17.7 Å². The number of amides is 3. The summed E-state index contributed by atoms with van der Waals surface area (Å²) < 4.78 is 5.14. The van der Waals surface area contributed by atoms with E-state index in [0.717, 1.165) is 0 Å². The number of nitrogens with one attached hydrogen (secondary N) is 5. The van der Waals surface area contributed by atoms with Gasteiger partial charge in [-0.25, -0.2) is 0 Å². The smallest absolute Gasteiger partial charge is 0.273 e. The first kappa shape index (κ1) is 23.3. The number of halogens is 1. The molecule has 0 radical (unpaired) electrons. The van der Waals surface area contributed by atoms with E-state index in [0.29, 0.717) is 10.7 Å². The van der Waals surface area contributed by atoms with Crippen molar-refractivity contribution in [1.29, 1.82) is 0 Å². The SMILES string of the molecule is COc1cc([N+](=O)[O-])ccc1NC(=O)C1CC(=O)NC2NC(Nc3ccc(Cl)cc3)NC(=O)C21. The van der Waals surface area contributed by atoms with Crippen LogP contribution < -0.4 is 31.3 Å². The van der Waals surface area contributed by atoms with Gasteiger partial charge in [-0.05, 0) is 30.3 Å². The Kier molecular flexibility index (Phi) is 6.52. The highest BCUT2D eigenvalue weighted by Gasteiger charge is 2.48. The second kappa shape index (κ2) is 9.53. The first-order chi connectivity index (χ1) is 16.2. The van der Waals surface area contributed by atoms with Crippen molar-refractivity contribution in [3.8, 4) is 5.75 Å². The summed E-state index contributed by atoms with van der Waals surface area (Å²) in [6.07, 6.45) is -1.70. The number of carbonyl (C=O) groups is 3. The van der Waals surface area contributed by atoms with Crippen LogP contribution in [0.5, 0.6) is 5.75 Å². The third kappa shape index (κ3) is 4.87. The lowest BCUT2D eigenvalue weighted by Gasteiger charge is -2.43. The van der Waals surface area contributed by atoms with Crippen LogP contribution in [0.15, 0.2) is 42.5 Å². The fraction of sp³-hybridized carbons (Fsp3) is 0.286. The van der Waals surface area contributed by atoms with Crippen LogP contribution in [-0.4, -0.2) is 42.2 Å². The minimum atomic E-state index is -0.984. The third-order valence-electron chi connectivity index (χ3n) is 5.60. The van der Waals surface area contributed by atoms with Crippen LogP contribution >= 0.6 is 11.6 Å². The lowest BCUT2D eigenvalue weighted by molar-refractivity contribution is -0.384. The molecule has 12 nitrogen and oxygen atoms in total. The van der Waals surface area contributed by atoms with E-state index < -0.39 is 46.9 Å². The van der Waals surface area contributed by atoms with Gasteiger partial charge in [0.1, 0.15) is 5.75 Å². The molecule has 4 rings (SSSR count). The maximum atomic E-state index is 13.1. The molecule has 2 aliphatic heterocycles. The van der Waals surface area contributed by atoms with Gasteiger partial charge in [-0.2, -0.15) is 0 Å². The lowest BCUT2D eigenvalue weighted by atomic mass is 9.81. The van der Waals surface area contributed by atoms with E-state index in [1.807, 2.05) is 0 Å². The Labute approximate surface area is 198 Å². The zero-order valence-corrected chi connectivity index (χ0v) is 18.6. The van der Waals surface area contributed by atoms with E-state index in [-0.39, 0.29) is 23.5 Å². The monoisotopic (exact) mass is 488 g/mol. The predicted molar refractivity (Wildman–Crippen MR) is 122 cm³/mol. The van der Waals surface area contributed by atoms with Crippen molar-refractivity contribution in [2.24, 2.45) is 11.8 Å². The number of rotatable bonds is 6. The number of nitrogens with zero attached hydrogens (tertiary/aromatic N) is 1. The molecule has 0 aliphatic carbocycles. The number of ether oxygens (including phenoxy) is 1. The molecule has 0 bridgehead atoms. The number of methoxy groups -OCH3 is 1. The van der Waals surface area contributed by atoms with Crippen LogP contribution in [0, 0.1) is 22.0 Å². The van der Waals surface area contributed by atoms with E-state index >= 15 is 0 Å². The second-order valence-electron chi connectivity index (χ2n) is 7.77. The summed E-state index contributed by atoms with van der Waals surface area (Å²) in [6, 6.07) is 10.6. The van der Waals surface area contributed by atoms with Crippen molar-refractivity contribution in [3.05, 3.63) is 57.6 Å². The zero-order valence-electron chi connectivity index (χ0n) is 17.8. The Morgan fingerprint density at radius 3 is 2.59 bits per heavy atom. The van der Waals surface area contributed by atoms with E-state index in [4.69, 9.17) is 16.3 Å². The first-order valence-electron chi connectivity index (χ1n) is 10.3. The van der Waals surface area contributed by atoms with Crippen molar-refractivity contribution in [3.63, 3.8) is 0 Å². The van der Waals surface area contributed by atoms with Gasteiger partial charge in [-0.3, -0.25) is 29.8 Å². The van der Waals surface area contributed by atoms with Crippen molar-refractivity contribution >= 4 is 46.4 Å². The first-order valence-corrected chi connectivity index (χ1v) is 10.6. The summed E-state index contributed by atoms with van der Waals surface area (Å²) in [5.41, 5.74) is 0.663. The number of anilines is 2. The standard InChI is InChI=1S/C21H21ClN6O6/c1-34-15-8-12(28(32)33)6-7-14(15)24-19(30)13-9-16(29)25-18-17(13)20(31)27-21(26-18)23-11-4-2-10(22)3-5-11/h2-8,13,17-18,21,23,26H,9H2,1H3,(H,24,30)(H,25,29)(H,27,31). The number of hydrogen-bond acceptors (Lipinski definition) is 8. The summed E-state index contributed by atoms with van der Waals surface area (Å²) in [6.45, 7) is 0. The Balaban J connectivity index is 1.49. The van der Waals surface area contributed by atoms with Crippen molar-refractivity contribution in [1.82, 2.24) is 16.0 Å². The molecule has 4 atom stereocenters. The van der Waals surface area contributed by atoms with Gasteiger partial charge >= 0.3 is 0 Å². The molecule has 0 saturated carbocycles. The van der Waals surface area contributed by atoms with E-state index in [9.17, 15) is 24.5 Å². The van der Waals surface area contributed by atoms with E-state index in [1.54, 1.807) is 24.3 Å². The molecule has 2 heterocycles. The van der Waals surface area contributed by atoms with E-state index in [1.165, 1.54) is 25.3 Å². The highest BCUT2D eigenvalue weighted by atomic mass is 35.5. The van der Waals surface area contributed by atoms with Gasteiger partial charge in [0.15, 0.2) is 6.29 Å². The number of nitro benzene ring substituents is 1. The fourth-order valence-corrected chi connectivity index (χ4v) is 4.11. The average Bonchev–Trinajstić information content (AvgIpc) is 2.79. The number of nitro groups is 1. The molecule has 2 fully saturated rings. The minimum absolute atomic E-state index is 0.0813. The van der Waals surface area contributed by atoms with E-state index in [2.05, 4.69) is 26.6 Å². The number of carbonyl (C=O) groups excluding carboxylic acids is 3. The molecule has 2 aromatic carbocycles. The number of benzene rings is 2. The number of fused-ring (bicyclic) bond motifs is 1. The number of hydrogen-bond donors (Lipinski definition) is 5. The Morgan fingerprint density at radius 2 is 1.91 bits per heavy atom. The molecule has 2 aliphatic rings. The highest BCUT2D eigenvalue weighted by molar-refractivity contribution is 6.30. The maximum Gasteiger partial charge on any atom is 0.273 e. The third-order valence-corrected chi connectivity index (χ3v) is 5.85. The second-order valence-corrected chi connectivity index (χ2v) is 8.21. The molecular weight excluding hydrogens is 468 g/mol. The van der Waals surface area contributed by atoms with Gasteiger partial charge < -0.3 is 26.0 Å². The van der Waals surface area contributed by atoms with Crippen molar-refractivity contribution in [2.45, 2.75) is 18.9 Å². The molecule has 2 saturated heterocycles. The number of non-ortho nitro benzene ring substituents is 1. The minimum Gasteiger partial charge on any atom is -0.494 e. The van der Waals surface area contributed by atoms with Gasteiger partial charge in [0.05, 0.1) is 41.8 Å². The molecule has 5 N–H and O–H groups in total. The summed E-state index contributed by atoms with van der Waals surface area (Å²) in [5, 5.41) is 25.8. The highest BCUT2D eigenvalue weighted by Crippen LogP contribution is 2.32. The summed E-state index contributed by atoms with van der Waals surface area (Å²) >= 11 is 5.89. The summed E-state index contributed by atoms with van der Waals surface area (Å²) in [5.74, 6) is -3.20. The molecule has 2 aromatic rings. The molecule has 0 aromatic heterocycles. The quantitative estimate of drug-likeness (QED) is 0.300. The normalized spacial score (nSPS) is 23.7. The van der Waals surface area contributed by atoms with Crippen molar-refractivity contribution < 1.29 is 24.0 Å². The maximum absolute atomic E-state index is 13.1. The molecule has 0 spiro atoms. The Hall–Kier alpha value is -3.90. The fourth-order valence-electron chi connectivity index (χ4n) is 3.99. The van der Waals surface area contributed by atoms with Crippen LogP contribution in [0.2, 0.25) is 5.02 Å². The van der Waals surface area contributed by atoms with Crippen molar-refractivity contribution in [2.75, 3.05) is 17.7 Å². The van der Waals surface area contributed by atoms with Crippen LogP contribution in [-0.2, 0) is 14.4 Å². The van der Waals surface area contributed by atoms with Crippen LogP contribution in [0.4, 0.5) is 17.1 Å². The summed E-state index contributed by atoms with van der Waals surface area (Å²) in [4.78, 5) is 48.8. The van der Waals surface area contributed by atoms with Gasteiger partial charge in [0.25, 0.3) is 5.69 Å². The molecular formula is C21H21ClN6O6. The zero-order chi connectivity index (χ0) is 24.4. The number of piperidine rings is 1. The average molecular weight is 489 g/mol. The Bertz CT molecular complexity index is 1140. The molecule has 178 valence electrons. The Morgan fingerprint density at radius 1 is 1.18 bits per heavy atom. The van der Waals surface area contributed by atoms with Gasteiger partial charge in [0, 0.05) is 23.2 Å². The van der Waals surface area contributed by atoms with Gasteiger partial charge in [-0.15, -0.1) is 0 Å². The van der Waals surface area contributed by atoms with Gasteiger partial charge in [-0.1, -0.05) is 11.6 Å². The topological polar surface area (TPSA) is 164 Å². The predicted octanol–water partition coefficient (Wildman–Crippen LogP) is 1.39. The largest absolute Gasteiger partial charge is 0.494 e. The molecule has 3 amide bonds. The van der Waals surface area contributed by atoms with Crippen LogP contribution in [0.1, 0.15) is 6.42 Å². The lowest BCUT2D eigenvalue weighted by Crippen LogP contribution is -2.72. The van der Waals surface area contributed by atoms with Crippen LogP contribution in [0.3, 0.4) is 0 Å².